The van der Waals surface area contributed by atoms with E-state index in [1.54, 1.807) is 24.0 Å². The van der Waals surface area contributed by atoms with Gasteiger partial charge in [0.2, 0.25) is 10.0 Å². The van der Waals surface area contributed by atoms with E-state index in [4.69, 9.17) is 0 Å². The molecule has 0 spiro atoms. The molecule has 0 aliphatic heterocycles. The van der Waals surface area contributed by atoms with Crippen LogP contribution in [0.1, 0.15) is 5.82 Å². The highest BCUT2D eigenvalue weighted by atomic mass is 32.2. The van der Waals surface area contributed by atoms with Gasteiger partial charge in [-0.05, 0) is 6.07 Å². The van der Waals surface area contributed by atoms with Gasteiger partial charge in [0.05, 0.1) is 11.4 Å². The Morgan fingerprint density at radius 1 is 1.32 bits per heavy atom. The van der Waals surface area contributed by atoms with Crippen LogP contribution in [0, 0.1) is 0 Å². The van der Waals surface area contributed by atoms with Crippen molar-refractivity contribution >= 4 is 15.8 Å². The summed E-state index contributed by atoms with van der Waals surface area (Å²) >= 11 is 0. The number of nitrogens with one attached hydrogen (secondary N) is 2. The van der Waals surface area contributed by atoms with E-state index in [0.29, 0.717) is 11.6 Å². The van der Waals surface area contributed by atoms with Gasteiger partial charge in [0, 0.05) is 38.8 Å². The topological polar surface area (TPSA) is 88.9 Å². The number of anilines is 1. The van der Waals surface area contributed by atoms with Gasteiger partial charge in [-0.1, -0.05) is 0 Å². The Hall–Kier alpha value is -1.93. The Kier molecular flexibility index (Phi) is 3.82. The molecule has 102 valence electrons. The van der Waals surface area contributed by atoms with Gasteiger partial charge in [0.15, 0.2) is 0 Å². The van der Waals surface area contributed by atoms with Crippen LogP contribution < -0.4 is 10.0 Å². The van der Waals surface area contributed by atoms with E-state index in [0.717, 1.165) is 0 Å². The SMILES string of the molecule is CNc1cc(S(=O)(=O)NCc2nccn2C)ccn1. The molecule has 0 aliphatic rings. The number of aromatic nitrogens is 3. The number of aryl methyl sites for hydroxylation is 1. The van der Waals surface area contributed by atoms with E-state index < -0.39 is 10.0 Å². The summed E-state index contributed by atoms with van der Waals surface area (Å²) < 4.78 is 28.5. The minimum absolute atomic E-state index is 0.142. The van der Waals surface area contributed by atoms with Crippen molar-refractivity contribution in [3.05, 3.63) is 36.5 Å². The zero-order chi connectivity index (χ0) is 13.9. The first kappa shape index (κ1) is 13.5. The number of hydrogen-bond donors (Lipinski definition) is 2. The molecule has 0 aliphatic carbocycles. The second kappa shape index (κ2) is 5.37. The second-order valence-electron chi connectivity index (χ2n) is 3.91. The molecule has 0 aromatic carbocycles. The van der Waals surface area contributed by atoms with Gasteiger partial charge in [-0.25, -0.2) is 23.1 Å². The number of rotatable bonds is 5. The highest BCUT2D eigenvalue weighted by Gasteiger charge is 2.15. The molecule has 2 rings (SSSR count). The zero-order valence-corrected chi connectivity index (χ0v) is 11.5. The molecular formula is C11H15N5O2S. The lowest BCUT2D eigenvalue weighted by Crippen LogP contribution is -2.24. The number of sulfonamides is 1. The lowest BCUT2D eigenvalue weighted by Gasteiger charge is -2.07. The van der Waals surface area contributed by atoms with Crippen molar-refractivity contribution in [2.45, 2.75) is 11.4 Å². The Bertz CT molecular complexity index is 665. The summed E-state index contributed by atoms with van der Waals surface area (Å²) in [6, 6.07) is 2.92. The van der Waals surface area contributed by atoms with Gasteiger partial charge >= 0.3 is 0 Å². The largest absolute Gasteiger partial charge is 0.373 e. The summed E-state index contributed by atoms with van der Waals surface area (Å²) in [4.78, 5) is 8.20. The normalized spacial score (nSPS) is 11.5. The molecule has 0 fully saturated rings. The first-order valence-electron chi connectivity index (χ1n) is 5.62. The van der Waals surface area contributed by atoms with Crippen molar-refractivity contribution in [3.8, 4) is 0 Å². The van der Waals surface area contributed by atoms with Crippen LogP contribution in [-0.4, -0.2) is 30.0 Å². The van der Waals surface area contributed by atoms with Crippen LogP contribution >= 0.6 is 0 Å². The maximum atomic E-state index is 12.1. The molecule has 0 amide bonds. The minimum Gasteiger partial charge on any atom is -0.373 e. The molecule has 0 bridgehead atoms. The highest BCUT2D eigenvalue weighted by molar-refractivity contribution is 7.89. The van der Waals surface area contributed by atoms with Crippen LogP contribution in [-0.2, 0) is 23.6 Å². The Labute approximate surface area is 111 Å². The van der Waals surface area contributed by atoms with Gasteiger partial charge < -0.3 is 9.88 Å². The average molecular weight is 281 g/mol. The molecule has 2 heterocycles. The molecule has 2 aromatic heterocycles. The van der Waals surface area contributed by atoms with E-state index in [-0.39, 0.29) is 11.4 Å². The van der Waals surface area contributed by atoms with E-state index in [1.165, 1.54) is 18.3 Å². The molecule has 0 unspecified atom stereocenters. The monoisotopic (exact) mass is 281 g/mol. The number of pyridine rings is 1. The second-order valence-corrected chi connectivity index (χ2v) is 5.67. The average Bonchev–Trinajstić information content (AvgIpc) is 2.82. The van der Waals surface area contributed by atoms with E-state index >= 15 is 0 Å². The van der Waals surface area contributed by atoms with Crippen molar-refractivity contribution in [1.29, 1.82) is 0 Å². The summed E-state index contributed by atoms with van der Waals surface area (Å²) in [5.41, 5.74) is 0. The van der Waals surface area contributed by atoms with Crippen LogP contribution in [0.15, 0.2) is 35.6 Å². The van der Waals surface area contributed by atoms with Crippen LogP contribution in [0.4, 0.5) is 5.82 Å². The van der Waals surface area contributed by atoms with Crippen molar-refractivity contribution in [3.63, 3.8) is 0 Å². The van der Waals surface area contributed by atoms with Gasteiger partial charge in [-0.2, -0.15) is 0 Å². The Morgan fingerprint density at radius 3 is 2.74 bits per heavy atom. The molecule has 7 nitrogen and oxygen atoms in total. The van der Waals surface area contributed by atoms with Crippen LogP contribution in [0.3, 0.4) is 0 Å². The van der Waals surface area contributed by atoms with Crippen LogP contribution in [0.2, 0.25) is 0 Å². The molecule has 0 saturated heterocycles. The van der Waals surface area contributed by atoms with Gasteiger partial charge in [0.25, 0.3) is 0 Å². The molecule has 0 atom stereocenters. The highest BCUT2D eigenvalue weighted by Crippen LogP contribution is 2.12. The third-order valence-electron chi connectivity index (χ3n) is 2.64. The van der Waals surface area contributed by atoms with Gasteiger partial charge in [-0.3, -0.25) is 0 Å². The molecule has 8 heteroatoms. The molecule has 2 aromatic rings. The molecule has 0 radical (unpaired) electrons. The quantitative estimate of drug-likeness (QED) is 0.824. The lowest BCUT2D eigenvalue weighted by molar-refractivity contribution is 0.577. The summed E-state index contributed by atoms with van der Waals surface area (Å²) in [5.74, 6) is 1.14. The maximum Gasteiger partial charge on any atom is 0.241 e. The van der Waals surface area contributed by atoms with Crippen molar-refractivity contribution in [1.82, 2.24) is 19.3 Å². The Balaban J connectivity index is 2.16. The summed E-state index contributed by atoms with van der Waals surface area (Å²) in [6.45, 7) is 0.142. The number of nitrogens with zero attached hydrogens (tertiary/aromatic N) is 3. The van der Waals surface area contributed by atoms with Gasteiger partial charge in [0.1, 0.15) is 11.6 Å². The predicted molar refractivity (Wildman–Crippen MR) is 71.0 cm³/mol. The van der Waals surface area contributed by atoms with Gasteiger partial charge in [-0.15, -0.1) is 0 Å². The molecule has 0 saturated carbocycles. The standard InChI is InChI=1S/C11H15N5O2S/c1-12-10-7-9(3-4-13-10)19(17,18)15-8-11-14-5-6-16(11)2/h3-7,15H,8H2,1-2H3,(H,12,13). The van der Waals surface area contributed by atoms with Crippen LogP contribution in [0.25, 0.3) is 0 Å². The maximum absolute atomic E-state index is 12.1. The number of hydrogen-bond acceptors (Lipinski definition) is 5. The minimum atomic E-state index is -3.57. The third kappa shape index (κ3) is 3.09. The molecular weight excluding hydrogens is 266 g/mol. The van der Waals surface area contributed by atoms with E-state index in [9.17, 15) is 8.42 Å². The first-order chi connectivity index (χ1) is 9.03. The first-order valence-corrected chi connectivity index (χ1v) is 7.11. The third-order valence-corrected chi connectivity index (χ3v) is 4.04. The smallest absolute Gasteiger partial charge is 0.241 e. The summed E-state index contributed by atoms with van der Waals surface area (Å²) in [5, 5.41) is 2.80. The lowest BCUT2D eigenvalue weighted by atomic mass is 10.5. The van der Waals surface area contributed by atoms with E-state index in [2.05, 4.69) is 20.0 Å². The fraction of sp³-hybridized carbons (Fsp3) is 0.273. The van der Waals surface area contributed by atoms with E-state index in [1.807, 2.05) is 7.05 Å². The molecule has 2 N–H and O–H groups in total. The zero-order valence-electron chi connectivity index (χ0n) is 10.7. The molecule has 19 heavy (non-hydrogen) atoms. The predicted octanol–water partition coefficient (Wildman–Crippen LogP) is 0.335. The van der Waals surface area contributed by atoms with Crippen molar-refractivity contribution in [2.24, 2.45) is 7.05 Å². The summed E-state index contributed by atoms with van der Waals surface area (Å²) in [6.07, 6.45) is 4.82. The Morgan fingerprint density at radius 2 is 2.11 bits per heavy atom. The number of imidazole rings is 1. The fourth-order valence-electron chi connectivity index (χ4n) is 1.52. The summed E-state index contributed by atoms with van der Waals surface area (Å²) in [7, 11) is -0.0807. The van der Waals surface area contributed by atoms with Crippen LogP contribution in [0.5, 0.6) is 0 Å². The fourth-order valence-corrected chi connectivity index (χ4v) is 2.52. The van der Waals surface area contributed by atoms with Crippen molar-refractivity contribution in [2.75, 3.05) is 12.4 Å². The van der Waals surface area contributed by atoms with Crippen molar-refractivity contribution < 1.29 is 8.42 Å².